The molecule has 0 aliphatic rings. The summed E-state index contributed by atoms with van der Waals surface area (Å²) in [7, 11) is 0. The summed E-state index contributed by atoms with van der Waals surface area (Å²) in [5, 5.41) is 11.6. The van der Waals surface area contributed by atoms with E-state index in [2.05, 4.69) is 38.8 Å². The first-order valence-electron chi connectivity index (χ1n) is 10.8. The zero-order chi connectivity index (χ0) is 21.6. The Morgan fingerprint density at radius 2 is 1.61 bits per heavy atom. The monoisotopic (exact) mass is 417 g/mol. The minimum atomic E-state index is -0.911. The Labute approximate surface area is 181 Å². The highest BCUT2D eigenvalue weighted by atomic mass is 16.5. The standard InChI is InChI=1S/C25H27N3O3/c1-2-16-31-22(25(29)30)17-19-11-9-18(10-12-19)6-5-15-28-23-20(7-3-13-26-23)21-8-4-14-27-24(21)28/h3-4,7-14,22H,2,5-6,15-17H2,1H3,(H,29,30). The molecule has 1 atom stereocenters. The molecule has 0 radical (unpaired) electrons. The van der Waals surface area contributed by atoms with E-state index in [1.165, 1.54) is 5.56 Å². The topological polar surface area (TPSA) is 77.2 Å². The molecule has 6 heteroatoms. The Bertz CT molecular complexity index is 1110. The largest absolute Gasteiger partial charge is 0.479 e. The predicted octanol–water partition coefficient (Wildman–Crippen LogP) is 4.64. The quantitative estimate of drug-likeness (QED) is 0.407. The fourth-order valence-corrected chi connectivity index (χ4v) is 3.93. The number of ether oxygens (including phenoxy) is 1. The second kappa shape index (κ2) is 9.71. The minimum absolute atomic E-state index is 0.383. The van der Waals surface area contributed by atoms with Crippen molar-refractivity contribution in [3.8, 4) is 0 Å². The minimum Gasteiger partial charge on any atom is -0.479 e. The average molecular weight is 418 g/mol. The van der Waals surface area contributed by atoms with Gasteiger partial charge in [-0.3, -0.25) is 0 Å². The molecule has 3 heterocycles. The van der Waals surface area contributed by atoms with E-state index >= 15 is 0 Å². The van der Waals surface area contributed by atoms with Crippen LogP contribution in [0.4, 0.5) is 0 Å². The Morgan fingerprint density at radius 3 is 2.19 bits per heavy atom. The van der Waals surface area contributed by atoms with Crippen molar-refractivity contribution in [2.24, 2.45) is 0 Å². The molecule has 1 aromatic carbocycles. The lowest BCUT2D eigenvalue weighted by Gasteiger charge is -2.13. The van der Waals surface area contributed by atoms with Gasteiger partial charge in [-0.2, -0.15) is 0 Å². The summed E-state index contributed by atoms with van der Waals surface area (Å²) in [5.41, 5.74) is 4.14. The van der Waals surface area contributed by atoms with Crippen LogP contribution in [0.5, 0.6) is 0 Å². The second-order valence-corrected chi connectivity index (χ2v) is 7.72. The SMILES string of the molecule is CCCOC(Cc1ccc(CCCn2c3ncccc3c3cccnc32)cc1)C(=O)O. The van der Waals surface area contributed by atoms with Gasteiger partial charge in [-0.05, 0) is 54.7 Å². The molecule has 6 nitrogen and oxygen atoms in total. The van der Waals surface area contributed by atoms with Crippen molar-refractivity contribution in [1.82, 2.24) is 14.5 Å². The van der Waals surface area contributed by atoms with Crippen LogP contribution in [0.15, 0.2) is 60.9 Å². The van der Waals surface area contributed by atoms with Crippen molar-refractivity contribution in [2.75, 3.05) is 6.61 Å². The number of aromatic nitrogens is 3. The van der Waals surface area contributed by atoms with Crippen molar-refractivity contribution in [3.05, 3.63) is 72.1 Å². The smallest absolute Gasteiger partial charge is 0.333 e. The van der Waals surface area contributed by atoms with Crippen LogP contribution < -0.4 is 0 Å². The summed E-state index contributed by atoms with van der Waals surface area (Å²) in [6, 6.07) is 16.3. The number of carboxylic acids is 1. The summed E-state index contributed by atoms with van der Waals surface area (Å²) in [5.74, 6) is -0.911. The van der Waals surface area contributed by atoms with Gasteiger partial charge in [-0.25, -0.2) is 14.8 Å². The fraction of sp³-hybridized carbons (Fsp3) is 0.320. The Morgan fingerprint density at radius 1 is 1.00 bits per heavy atom. The number of fused-ring (bicyclic) bond motifs is 3. The molecule has 31 heavy (non-hydrogen) atoms. The Hall–Kier alpha value is -3.25. The van der Waals surface area contributed by atoms with Crippen LogP contribution in [0.1, 0.15) is 30.9 Å². The third-order valence-corrected chi connectivity index (χ3v) is 5.46. The van der Waals surface area contributed by atoms with Crippen LogP contribution in [0.25, 0.3) is 22.1 Å². The zero-order valence-corrected chi connectivity index (χ0v) is 17.7. The van der Waals surface area contributed by atoms with Gasteiger partial charge in [-0.15, -0.1) is 0 Å². The van der Waals surface area contributed by atoms with Crippen LogP contribution in [-0.4, -0.2) is 38.3 Å². The lowest BCUT2D eigenvalue weighted by molar-refractivity contribution is -0.150. The summed E-state index contributed by atoms with van der Waals surface area (Å²) in [4.78, 5) is 20.5. The van der Waals surface area contributed by atoms with Gasteiger partial charge in [0.1, 0.15) is 11.3 Å². The van der Waals surface area contributed by atoms with Gasteiger partial charge in [0, 0.05) is 42.7 Å². The second-order valence-electron chi connectivity index (χ2n) is 7.72. The first-order valence-corrected chi connectivity index (χ1v) is 10.8. The molecule has 0 spiro atoms. The van der Waals surface area contributed by atoms with Crippen LogP contribution in [0, 0.1) is 0 Å². The Balaban J connectivity index is 1.41. The first-order chi connectivity index (χ1) is 15.2. The number of hydrogen-bond acceptors (Lipinski definition) is 4. The molecule has 0 aliphatic heterocycles. The summed E-state index contributed by atoms with van der Waals surface area (Å²) in [6.45, 7) is 3.27. The molecule has 0 saturated heterocycles. The normalized spacial score (nSPS) is 12.4. The molecule has 4 rings (SSSR count). The maximum Gasteiger partial charge on any atom is 0.333 e. The summed E-state index contributed by atoms with van der Waals surface area (Å²) < 4.78 is 7.65. The number of carbonyl (C=O) groups is 1. The maximum absolute atomic E-state index is 11.4. The molecule has 0 bridgehead atoms. The maximum atomic E-state index is 11.4. The van der Waals surface area contributed by atoms with Crippen molar-refractivity contribution in [2.45, 2.75) is 45.3 Å². The molecule has 0 saturated carbocycles. The fourth-order valence-electron chi connectivity index (χ4n) is 3.93. The van der Waals surface area contributed by atoms with Crippen molar-refractivity contribution in [3.63, 3.8) is 0 Å². The molecule has 4 aromatic rings. The molecule has 0 amide bonds. The highest BCUT2D eigenvalue weighted by Crippen LogP contribution is 2.26. The number of nitrogens with zero attached hydrogens (tertiary/aromatic N) is 3. The number of pyridine rings is 2. The number of benzene rings is 1. The molecule has 0 fully saturated rings. The lowest BCUT2D eigenvalue weighted by Crippen LogP contribution is -2.26. The highest BCUT2D eigenvalue weighted by molar-refractivity contribution is 6.04. The Kier molecular flexibility index (Phi) is 6.57. The molecular weight excluding hydrogens is 390 g/mol. The summed E-state index contributed by atoms with van der Waals surface area (Å²) >= 11 is 0. The van der Waals surface area contributed by atoms with Gasteiger partial charge < -0.3 is 14.4 Å². The van der Waals surface area contributed by atoms with E-state index in [4.69, 9.17) is 4.74 Å². The molecule has 1 N–H and O–H groups in total. The van der Waals surface area contributed by atoms with Gasteiger partial charge in [0.2, 0.25) is 0 Å². The van der Waals surface area contributed by atoms with Crippen molar-refractivity contribution in [1.29, 1.82) is 0 Å². The van der Waals surface area contributed by atoms with Crippen molar-refractivity contribution >= 4 is 28.0 Å². The third kappa shape index (κ3) is 4.75. The van der Waals surface area contributed by atoms with E-state index in [9.17, 15) is 9.90 Å². The number of hydrogen-bond donors (Lipinski definition) is 1. The lowest BCUT2D eigenvalue weighted by atomic mass is 10.0. The first kappa shape index (κ1) is 21.0. The van der Waals surface area contributed by atoms with E-state index in [0.29, 0.717) is 13.0 Å². The van der Waals surface area contributed by atoms with Crippen LogP contribution in [0.2, 0.25) is 0 Å². The molecule has 3 aromatic heterocycles. The number of carboxylic acid groups (broad SMARTS) is 1. The van der Waals surface area contributed by atoms with E-state index in [0.717, 1.165) is 53.4 Å². The summed E-state index contributed by atoms with van der Waals surface area (Å²) in [6.07, 6.45) is 5.93. The molecule has 1 unspecified atom stereocenters. The van der Waals surface area contributed by atoms with Gasteiger partial charge in [0.05, 0.1) is 0 Å². The molecule has 0 aliphatic carbocycles. The van der Waals surface area contributed by atoms with Crippen molar-refractivity contribution < 1.29 is 14.6 Å². The van der Waals surface area contributed by atoms with Gasteiger partial charge in [-0.1, -0.05) is 31.2 Å². The van der Waals surface area contributed by atoms with Crippen LogP contribution in [0.3, 0.4) is 0 Å². The van der Waals surface area contributed by atoms with Gasteiger partial charge in [0.25, 0.3) is 0 Å². The average Bonchev–Trinajstić information content (AvgIpc) is 3.11. The number of aryl methyl sites for hydroxylation is 2. The van der Waals surface area contributed by atoms with E-state index in [1.807, 2.05) is 43.6 Å². The number of aliphatic carboxylic acids is 1. The van der Waals surface area contributed by atoms with Crippen LogP contribution in [-0.2, 0) is 28.9 Å². The molecule has 160 valence electrons. The van der Waals surface area contributed by atoms with E-state index in [-0.39, 0.29) is 0 Å². The van der Waals surface area contributed by atoms with E-state index < -0.39 is 12.1 Å². The molecular formula is C25H27N3O3. The van der Waals surface area contributed by atoms with Crippen LogP contribution >= 0.6 is 0 Å². The third-order valence-electron chi connectivity index (χ3n) is 5.46. The van der Waals surface area contributed by atoms with Gasteiger partial charge >= 0.3 is 5.97 Å². The predicted molar refractivity (Wildman–Crippen MR) is 121 cm³/mol. The van der Waals surface area contributed by atoms with E-state index in [1.54, 1.807) is 0 Å². The zero-order valence-electron chi connectivity index (χ0n) is 17.7. The highest BCUT2D eigenvalue weighted by Gasteiger charge is 2.18. The number of rotatable bonds is 10. The van der Waals surface area contributed by atoms with Gasteiger partial charge in [0.15, 0.2) is 6.10 Å².